The summed E-state index contributed by atoms with van der Waals surface area (Å²) in [6.07, 6.45) is -3.53. The molecule has 2 aromatic carbocycles. The average molecular weight is 388 g/mol. The van der Waals surface area contributed by atoms with Crippen LogP contribution in [0.4, 0.5) is 18.9 Å². The smallest absolute Gasteiger partial charge is 0.416 e. The molecule has 0 heterocycles. The van der Waals surface area contributed by atoms with E-state index in [2.05, 4.69) is 5.32 Å². The van der Waals surface area contributed by atoms with Gasteiger partial charge in [-0.3, -0.25) is 4.79 Å². The van der Waals surface area contributed by atoms with E-state index in [1.54, 1.807) is 18.2 Å². The number of hydrogen-bond donors (Lipinski definition) is 1. The molecule has 0 bridgehead atoms. The van der Waals surface area contributed by atoms with Crippen LogP contribution >= 0.6 is 0 Å². The molecular formula is C20H15F3N2O3. The number of nitriles is 1. The zero-order valence-electron chi connectivity index (χ0n) is 14.7. The van der Waals surface area contributed by atoms with Crippen LogP contribution in [-0.4, -0.2) is 18.0 Å². The second-order valence-electron chi connectivity index (χ2n) is 5.72. The first kappa shape index (κ1) is 20.7. The Bertz CT molecular complexity index is 946. The molecule has 0 aliphatic heterocycles. The van der Waals surface area contributed by atoms with Crippen molar-refractivity contribution in [2.24, 2.45) is 0 Å². The fraction of sp³-hybridized carbons (Fsp3) is 0.150. The summed E-state index contributed by atoms with van der Waals surface area (Å²) in [5, 5.41) is 11.3. The van der Waals surface area contributed by atoms with Crippen molar-refractivity contribution in [1.29, 1.82) is 5.26 Å². The number of hydrogen-bond acceptors (Lipinski definition) is 4. The van der Waals surface area contributed by atoms with Crippen molar-refractivity contribution in [2.45, 2.75) is 19.2 Å². The Morgan fingerprint density at radius 1 is 1.18 bits per heavy atom. The summed E-state index contributed by atoms with van der Waals surface area (Å²) in [6.45, 7) is 1.35. The third-order valence-corrected chi connectivity index (χ3v) is 3.55. The largest absolute Gasteiger partial charge is 0.449 e. The van der Waals surface area contributed by atoms with Gasteiger partial charge in [0.2, 0.25) is 0 Å². The number of esters is 1. The van der Waals surface area contributed by atoms with Gasteiger partial charge in [0.15, 0.2) is 6.10 Å². The van der Waals surface area contributed by atoms with Crippen molar-refractivity contribution in [3.8, 4) is 6.07 Å². The lowest BCUT2D eigenvalue weighted by molar-refractivity contribution is -0.148. The maximum Gasteiger partial charge on any atom is 0.416 e. The van der Waals surface area contributed by atoms with Crippen LogP contribution in [-0.2, 0) is 20.5 Å². The van der Waals surface area contributed by atoms with Crippen molar-refractivity contribution in [2.75, 3.05) is 5.32 Å². The number of rotatable bonds is 5. The Morgan fingerprint density at radius 2 is 1.89 bits per heavy atom. The highest BCUT2D eigenvalue weighted by Gasteiger charge is 2.30. The van der Waals surface area contributed by atoms with Crippen molar-refractivity contribution in [1.82, 2.24) is 0 Å². The Balaban J connectivity index is 1.95. The molecule has 0 spiro atoms. The van der Waals surface area contributed by atoms with Gasteiger partial charge in [-0.25, -0.2) is 4.79 Å². The lowest BCUT2D eigenvalue weighted by Crippen LogP contribution is -2.29. The zero-order valence-corrected chi connectivity index (χ0v) is 14.7. The fourth-order valence-electron chi connectivity index (χ4n) is 2.16. The first-order chi connectivity index (χ1) is 13.2. The first-order valence-corrected chi connectivity index (χ1v) is 8.06. The van der Waals surface area contributed by atoms with Gasteiger partial charge in [-0.05, 0) is 48.9 Å². The second kappa shape index (κ2) is 8.86. The Kier molecular flexibility index (Phi) is 6.55. The molecule has 0 aromatic heterocycles. The molecule has 8 heteroatoms. The van der Waals surface area contributed by atoms with E-state index in [1.165, 1.54) is 31.2 Å². The van der Waals surface area contributed by atoms with Gasteiger partial charge < -0.3 is 10.1 Å². The fourth-order valence-corrected chi connectivity index (χ4v) is 2.16. The topological polar surface area (TPSA) is 79.2 Å². The molecule has 2 rings (SSSR count). The minimum atomic E-state index is -4.49. The summed E-state index contributed by atoms with van der Waals surface area (Å²) in [5.41, 5.74) is 0.0467. The highest BCUT2D eigenvalue weighted by Crippen LogP contribution is 2.29. The Morgan fingerprint density at radius 3 is 2.57 bits per heavy atom. The number of carbonyl (C=O) groups is 2. The van der Waals surface area contributed by atoms with Crippen LogP contribution in [0.1, 0.15) is 23.6 Å². The lowest BCUT2D eigenvalue weighted by atomic mass is 10.1. The van der Waals surface area contributed by atoms with Crippen molar-refractivity contribution >= 4 is 23.6 Å². The quantitative estimate of drug-likeness (QED) is 0.616. The third kappa shape index (κ3) is 5.99. The summed E-state index contributed by atoms with van der Waals surface area (Å²) >= 11 is 0. The van der Waals surface area contributed by atoms with Gasteiger partial charge in [0, 0.05) is 11.8 Å². The standard InChI is InChI=1S/C20H15F3N2O3/c1-13(19(27)25-17-7-3-5-15(11-17)12-24)28-18(26)9-8-14-4-2-6-16(10-14)20(21,22)23/h2-11,13H,1H3,(H,25,27)/b9-8+/t13-/m1/s1. The SMILES string of the molecule is C[C@@H](OC(=O)/C=C/c1cccc(C(F)(F)F)c1)C(=O)Nc1cccc(C#N)c1. The number of amides is 1. The van der Waals surface area contributed by atoms with Gasteiger partial charge in [-0.1, -0.05) is 18.2 Å². The summed E-state index contributed by atoms with van der Waals surface area (Å²) in [7, 11) is 0. The molecule has 28 heavy (non-hydrogen) atoms. The van der Waals surface area contributed by atoms with Crippen LogP contribution in [0.3, 0.4) is 0 Å². The van der Waals surface area contributed by atoms with E-state index in [0.717, 1.165) is 18.2 Å². The van der Waals surface area contributed by atoms with E-state index >= 15 is 0 Å². The number of nitrogens with zero attached hydrogens (tertiary/aromatic N) is 1. The zero-order chi connectivity index (χ0) is 20.7. The molecule has 5 nitrogen and oxygen atoms in total. The normalized spacial score (nSPS) is 12.2. The van der Waals surface area contributed by atoms with Gasteiger partial charge >= 0.3 is 12.1 Å². The number of anilines is 1. The molecule has 0 fully saturated rings. The van der Waals surface area contributed by atoms with Gasteiger partial charge in [-0.2, -0.15) is 18.4 Å². The van der Waals surface area contributed by atoms with E-state index in [4.69, 9.17) is 10.00 Å². The number of alkyl halides is 3. The summed E-state index contributed by atoms with van der Waals surface area (Å²) in [5.74, 6) is -1.50. The molecule has 144 valence electrons. The number of carbonyl (C=O) groups excluding carboxylic acids is 2. The van der Waals surface area contributed by atoms with E-state index in [-0.39, 0.29) is 5.56 Å². The molecule has 0 saturated heterocycles. The Labute approximate surface area is 159 Å². The van der Waals surface area contributed by atoms with E-state index in [9.17, 15) is 22.8 Å². The molecule has 1 N–H and O–H groups in total. The number of benzene rings is 2. The van der Waals surface area contributed by atoms with Crippen LogP contribution in [0.15, 0.2) is 54.6 Å². The Hall–Kier alpha value is -3.60. The number of nitrogens with one attached hydrogen (secondary N) is 1. The minimum absolute atomic E-state index is 0.164. The van der Waals surface area contributed by atoms with Crippen molar-refractivity contribution in [3.05, 3.63) is 71.3 Å². The summed E-state index contributed by atoms with van der Waals surface area (Å²) in [6, 6.07) is 12.5. The predicted molar refractivity (Wildman–Crippen MR) is 95.8 cm³/mol. The number of halogens is 3. The van der Waals surface area contributed by atoms with Crippen molar-refractivity contribution < 1.29 is 27.5 Å². The number of ether oxygens (including phenoxy) is 1. The van der Waals surface area contributed by atoms with Gasteiger partial charge in [0.05, 0.1) is 17.2 Å². The molecule has 0 radical (unpaired) electrons. The molecule has 0 saturated carbocycles. The highest BCUT2D eigenvalue weighted by molar-refractivity contribution is 5.96. The molecule has 2 aromatic rings. The van der Waals surface area contributed by atoms with E-state index < -0.39 is 29.7 Å². The monoisotopic (exact) mass is 388 g/mol. The molecule has 0 unspecified atom stereocenters. The van der Waals surface area contributed by atoms with Crippen LogP contribution in [0, 0.1) is 11.3 Å². The summed E-state index contributed by atoms with van der Waals surface area (Å²) in [4.78, 5) is 23.9. The lowest BCUT2D eigenvalue weighted by Gasteiger charge is -2.12. The molecule has 1 atom stereocenters. The molecule has 0 aliphatic carbocycles. The first-order valence-electron chi connectivity index (χ1n) is 8.06. The maximum atomic E-state index is 12.7. The van der Waals surface area contributed by atoms with Crippen LogP contribution < -0.4 is 5.32 Å². The maximum absolute atomic E-state index is 12.7. The van der Waals surface area contributed by atoms with Crippen LogP contribution in [0.5, 0.6) is 0 Å². The molecule has 0 aliphatic rings. The van der Waals surface area contributed by atoms with Crippen LogP contribution in [0.25, 0.3) is 6.08 Å². The minimum Gasteiger partial charge on any atom is -0.449 e. The highest BCUT2D eigenvalue weighted by atomic mass is 19.4. The van der Waals surface area contributed by atoms with Gasteiger partial charge in [-0.15, -0.1) is 0 Å². The van der Waals surface area contributed by atoms with Crippen LogP contribution in [0.2, 0.25) is 0 Å². The predicted octanol–water partition coefficient (Wildman–Crippen LogP) is 4.16. The van der Waals surface area contributed by atoms with Crippen molar-refractivity contribution in [3.63, 3.8) is 0 Å². The average Bonchev–Trinajstić information content (AvgIpc) is 2.66. The second-order valence-corrected chi connectivity index (χ2v) is 5.72. The van der Waals surface area contributed by atoms with E-state index in [0.29, 0.717) is 11.3 Å². The van der Waals surface area contributed by atoms with Gasteiger partial charge in [0.25, 0.3) is 5.91 Å². The third-order valence-electron chi connectivity index (χ3n) is 3.55. The molecule has 1 amide bonds. The van der Waals surface area contributed by atoms with Gasteiger partial charge in [0.1, 0.15) is 0 Å². The molecular weight excluding hydrogens is 373 g/mol. The summed E-state index contributed by atoms with van der Waals surface area (Å²) < 4.78 is 43.0. The van der Waals surface area contributed by atoms with E-state index in [1.807, 2.05) is 6.07 Å².